The smallest absolute Gasteiger partial charge is 0.322 e. The minimum Gasteiger partial charge on any atom is -0.490 e. The summed E-state index contributed by atoms with van der Waals surface area (Å²) in [6.45, 7) is 9.30. The van der Waals surface area contributed by atoms with Crippen LogP contribution in [0.1, 0.15) is 38.2 Å². The first-order chi connectivity index (χ1) is 13.5. The first-order valence-corrected chi connectivity index (χ1v) is 10.8. The molecule has 28 heavy (non-hydrogen) atoms. The van der Waals surface area contributed by atoms with Crippen molar-refractivity contribution in [1.82, 2.24) is 9.80 Å². The predicted octanol–water partition coefficient (Wildman–Crippen LogP) is 3.77. The van der Waals surface area contributed by atoms with Crippen molar-refractivity contribution in [3.05, 3.63) is 28.8 Å². The van der Waals surface area contributed by atoms with Crippen molar-refractivity contribution in [2.45, 2.75) is 51.7 Å². The first kappa shape index (κ1) is 21.4. The number of ether oxygens (including phenoxy) is 2. The average molecular weight is 409 g/mol. The maximum Gasteiger partial charge on any atom is 0.322 e. The standard InChI is InChI=1S/C22H33ClN2O3/c1-16-14-19(23)4-5-21(16)28-20-8-10-24(11-9-20)15-18-6-12-25(13-7-18)17(2)22(26)27-3/h4-5,14,17-18,20H,6-13,15H2,1-3H3. The second-order valence-electron chi connectivity index (χ2n) is 8.21. The van der Waals surface area contributed by atoms with Gasteiger partial charge in [-0.3, -0.25) is 9.69 Å². The van der Waals surface area contributed by atoms with Gasteiger partial charge >= 0.3 is 5.97 Å². The summed E-state index contributed by atoms with van der Waals surface area (Å²) in [4.78, 5) is 16.5. The molecule has 2 saturated heterocycles. The summed E-state index contributed by atoms with van der Waals surface area (Å²) in [5.74, 6) is 1.54. The predicted molar refractivity (Wildman–Crippen MR) is 112 cm³/mol. The topological polar surface area (TPSA) is 42.0 Å². The number of hydrogen-bond acceptors (Lipinski definition) is 5. The molecule has 0 N–H and O–H groups in total. The van der Waals surface area contributed by atoms with Crippen LogP contribution in [-0.4, -0.2) is 67.7 Å². The fourth-order valence-corrected chi connectivity index (χ4v) is 4.57. The van der Waals surface area contributed by atoms with E-state index in [2.05, 4.69) is 9.80 Å². The Balaban J connectivity index is 1.38. The molecule has 0 bridgehead atoms. The van der Waals surface area contributed by atoms with Crippen molar-refractivity contribution in [3.8, 4) is 5.75 Å². The molecule has 5 nitrogen and oxygen atoms in total. The number of carbonyl (C=O) groups excluding carboxylic acids is 1. The van der Waals surface area contributed by atoms with Crippen molar-refractivity contribution in [2.75, 3.05) is 39.8 Å². The molecule has 2 aliphatic heterocycles. The number of esters is 1. The molecule has 6 heteroatoms. The van der Waals surface area contributed by atoms with E-state index in [1.807, 2.05) is 32.0 Å². The quantitative estimate of drug-likeness (QED) is 0.670. The lowest BCUT2D eigenvalue weighted by atomic mass is 9.94. The number of piperidine rings is 2. The van der Waals surface area contributed by atoms with Crippen LogP contribution in [0.3, 0.4) is 0 Å². The van der Waals surface area contributed by atoms with E-state index in [-0.39, 0.29) is 12.0 Å². The normalized spacial score (nSPS) is 21.4. The van der Waals surface area contributed by atoms with Gasteiger partial charge in [0.05, 0.1) is 7.11 Å². The molecular weight excluding hydrogens is 376 g/mol. The Kier molecular flexibility index (Phi) is 7.61. The molecule has 0 amide bonds. The first-order valence-electron chi connectivity index (χ1n) is 10.4. The zero-order valence-corrected chi connectivity index (χ0v) is 18.1. The maximum absolute atomic E-state index is 11.7. The molecule has 0 radical (unpaired) electrons. The molecule has 0 saturated carbocycles. The van der Waals surface area contributed by atoms with E-state index in [1.54, 1.807) is 0 Å². The molecule has 1 aromatic rings. The SMILES string of the molecule is COC(=O)C(C)N1CCC(CN2CCC(Oc3ccc(Cl)cc3C)CC2)CC1. The molecule has 0 aromatic heterocycles. The molecule has 1 unspecified atom stereocenters. The summed E-state index contributed by atoms with van der Waals surface area (Å²) in [7, 11) is 1.47. The van der Waals surface area contributed by atoms with Crippen LogP contribution in [0.25, 0.3) is 0 Å². The van der Waals surface area contributed by atoms with Gasteiger partial charge in [-0.15, -0.1) is 0 Å². The number of methoxy groups -OCH3 is 1. The van der Waals surface area contributed by atoms with Crippen LogP contribution in [0.2, 0.25) is 5.02 Å². The number of aryl methyl sites for hydroxylation is 1. The van der Waals surface area contributed by atoms with Crippen LogP contribution in [0.15, 0.2) is 18.2 Å². The highest BCUT2D eigenvalue weighted by Gasteiger charge is 2.29. The minimum absolute atomic E-state index is 0.128. The monoisotopic (exact) mass is 408 g/mol. The van der Waals surface area contributed by atoms with Crippen LogP contribution < -0.4 is 4.74 Å². The number of likely N-dealkylation sites (tertiary alicyclic amines) is 2. The number of carbonyl (C=O) groups is 1. The van der Waals surface area contributed by atoms with E-state index in [1.165, 1.54) is 7.11 Å². The summed E-state index contributed by atoms with van der Waals surface area (Å²) in [5, 5.41) is 0.756. The number of nitrogens with zero attached hydrogens (tertiary/aromatic N) is 2. The molecule has 0 aliphatic carbocycles. The van der Waals surface area contributed by atoms with Crippen LogP contribution in [0, 0.1) is 12.8 Å². The van der Waals surface area contributed by atoms with Crippen molar-refractivity contribution in [2.24, 2.45) is 5.92 Å². The summed E-state index contributed by atoms with van der Waals surface area (Å²) in [6.07, 6.45) is 4.74. The Morgan fingerprint density at radius 2 is 1.86 bits per heavy atom. The third-order valence-electron chi connectivity index (χ3n) is 6.22. The van der Waals surface area contributed by atoms with E-state index >= 15 is 0 Å². The van der Waals surface area contributed by atoms with Crippen molar-refractivity contribution >= 4 is 17.6 Å². The van der Waals surface area contributed by atoms with Gasteiger partial charge in [0.2, 0.25) is 0 Å². The molecule has 1 atom stereocenters. The summed E-state index contributed by atoms with van der Waals surface area (Å²) in [5.41, 5.74) is 1.10. The zero-order valence-electron chi connectivity index (χ0n) is 17.3. The van der Waals surface area contributed by atoms with E-state index in [4.69, 9.17) is 21.1 Å². The molecule has 1 aromatic carbocycles. The molecule has 156 valence electrons. The van der Waals surface area contributed by atoms with Gasteiger partial charge in [0.15, 0.2) is 0 Å². The third-order valence-corrected chi connectivity index (χ3v) is 6.46. The van der Waals surface area contributed by atoms with Gasteiger partial charge in [0, 0.05) is 24.7 Å². The summed E-state index contributed by atoms with van der Waals surface area (Å²) < 4.78 is 11.1. The molecule has 2 aliphatic rings. The van der Waals surface area contributed by atoms with E-state index in [0.29, 0.717) is 6.10 Å². The fourth-order valence-electron chi connectivity index (χ4n) is 4.34. The third kappa shape index (κ3) is 5.62. The Labute approximate surface area is 173 Å². The lowest BCUT2D eigenvalue weighted by Gasteiger charge is -2.38. The highest BCUT2D eigenvalue weighted by Crippen LogP contribution is 2.26. The van der Waals surface area contributed by atoms with Gasteiger partial charge in [-0.1, -0.05) is 11.6 Å². The zero-order chi connectivity index (χ0) is 20.1. The number of rotatable bonds is 6. The lowest BCUT2D eigenvalue weighted by molar-refractivity contribution is -0.146. The van der Waals surface area contributed by atoms with Crippen molar-refractivity contribution in [1.29, 1.82) is 0 Å². The highest BCUT2D eigenvalue weighted by atomic mass is 35.5. The van der Waals surface area contributed by atoms with Crippen LogP contribution in [-0.2, 0) is 9.53 Å². The maximum atomic E-state index is 11.7. The Morgan fingerprint density at radius 3 is 2.46 bits per heavy atom. The van der Waals surface area contributed by atoms with Crippen LogP contribution in [0.5, 0.6) is 5.75 Å². The highest BCUT2D eigenvalue weighted by molar-refractivity contribution is 6.30. The van der Waals surface area contributed by atoms with Gasteiger partial charge in [0.25, 0.3) is 0 Å². The molecule has 2 fully saturated rings. The summed E-state index contributed by atoms with van der Waals surface area (Å²) >= 11 is 6.03. The average Bonchev–Trinajstić information content (AvgIpc) is 2.71. The molecular formula is C22H33ClN2O3. The van der Waals surface area contributed by atoms with Crippen LogP contribution in [0.4, 0.5) is 0 Å². The number of benzene rings is 1. The van der Waals surface area contributed by atoms with Gasteiger partial charge in [-0.25, -0.2) is 0 Å². The van der Waals surface area contributed by atoms with Gasteiger partial charge < -0.3 is 14.4 Å². The molecule has 2 heterocycles. The second kappa shape index (κ2) is 9.95. The summed E-state index contributed by atoms with van der Waals surface area (Å²) in [6, 6.07) is 5.70. The lowest BCUT2D eigenvalue weighted by Crippen LogP contribution is -2.47. The van der Waals surface area contributed by atoms with Gasteiger partial charge in [-0.05, 0) is 82.3 Å². The van der Waals surface area contributed by atoms with Crippen molar-refractivity contribution in [3.63, 3.8) is 0 Å². The fraction of sp³-hybridized carbons (Fsp3) is 0.682. The van der Waals surface area contributed by atoms with E-state index in [9.17, 15) is 4.79 Å². The Bertz CT molecular complexity index is 653. The molecule has 0 spiro atoms. The van der Waals surface area contributed by atoms with Crippen molar-refractivity contribution < 1.29 is 14.3 Å². The Hall–Kier alpha value is -1.30. The minimum atomic E-state index is -0.129. The van der Waals surface area contributed by atoms with Crippen LogP contribution >= 0.6 is 11.6 Å². The second-order valence-corrected chi connectivity index (χ2v) is 8.64. The number of halogens is 1. The Morgan fingerprint density at radius 1 is 1.18 bits per heavy atom. The van der Waals surface area contributed by atoms with Gasteiger partial charge in [0.1, 0.15) is 17.9 Å². The largest absolute Gasteiger partial charge is 0.490 e. The van der Waals surface area contributed by atoms with E-state index < -0.39 is 0 Å². The molecule has 3 rings (SSSR count). The van der Waals surface area contributed by atoms with E-state index in [0.717, 1.165) is 80.7 Å². The van der Waals surface area contributed by atoms with Gasteiger partial charge in [-0.2, -0.15) is 0 Å². The number of hydrogen-bond donors (Lipinski definition) is 0.